The average Bonchev–Trinajstić information content (AvgIpc) is 3.06. The van der Waals surface area contributed by atoms with Crippen LogP contribution in [0.5, 0.6) is 5.75 Å². The van der Waals surface area contributed by atoms with Crippen LogP contribution in [0.4, 0.5) is 0 Å². The predicted molar refractivity (Wildman–Crippen MR) is 105 cm³/mol. The highest BCUT2D eigenvalue weighted by Crippen LogP contribution is 2.18. The lowest BCUT2D eigenvalue weighted by Gasteiger charge is -2.01. The van der Waals surface area contributed by atoms with Crippen LogP contribution in [0.25, 0.3) is 23.0 Å². The number of benzene rings is 3. The number of ether oxygens (including phenoxy) is 1. The summed E-state index contributed by atoms with van der Waals surface area (Å²) in [4.78, 5) is 0. The second-order valence-corrected chi connectivity index (χ2v) is 6.21. The third-order valence-corrected chi connectivity index (χ3v) is 4.42. The number of aromatic nitrogens is 3. The monoisotopic (exact) mass is 358 g/mol. The summed E-state index contributed by atoms with van der Waals surface area (Å²) in [7, 11) is 1.62. The van der Waals surface area contributed by atoms with Crippen molar-refractivity contribution in [3.8, 4) is 5.75 Å². The number of methoxy groups -OCH3 is 1. The molecule has 4 rings (SSSR count). The van der Waals surface area contributed by atoms with Crippen molar-refractivity contribution in [3.63, 3.8) is 0 Å². The van der Waals surface area contributed by atoms with Gasteiger partial charge in [0, 0.05) is 5.56 Å². The first-order valence-electron chi connectivity index (χ1n) is 8.71. The van der Waals surface area contributed by atoms with Gasteiger partial charge in [-0.05, 0) is 42.0 Å². The summed E-state index contributed by atoms with van der Waals surface area (Å²) in [6.45, 7) is 0.658. The number of aliphatic hydroxyl groups is 1. The van der Waals surface area contributed by atoms with E-state index in [0.29, 0.717) is 12.1 Å². The van der Waals surface area contributed by atoms with Gasteiger partial charge in [0.25, 0.3) is 0 Å². The van der Waals surface area contributed by atoms with Crippen molar-refractivity contribution in [2.75, 3.05) is 7.11 Å². The molecule has 0 radical (unpaired) electrons. The van der Waals surface area contributed by atoms with Crippen LogP contribution in [-0.4, -0.2) is 22.1 Å². The van der Waals surface area contributed by atoms with Gasteiger partial charge in [-0.15, -0.1) is 4.68 Å². The molecule has 0 aliphatic heterocycles. The van der Waals surface area contributed by atoms with E-state index in [4.69, 9.17) is 4.74 Å². The molecule has 5 nitrogen and oxygen atoms in total. The highest BCUT2D eigenvalue weighted by Gasteiger charge is 2.17. The molecule has 0 amide bonds. The molecule has 0 unspecified atom stereocenters. The molecule has 5 heteroatoms. The quantitative estimate of drug-likeness (QED) is 0.435. The van der Waals surface area contributed by atoms with Gasteiger partial charge in [0.1, 0.15) is 12.3 Å². The van der Waals surface area contributed by atoms with Crippen LogP contribution in [0.3, 0.4) is 0 Å². The van der Waals surface area contributed by atoms with Crippen molar-refractivity contribution < 1.29 is 14.5 Å². The van der Waals surface area contributed by atoms with E-state index in [1.165, 1.54) is 5.56 Å². The number of nitrogens with zero attached hydrogens (tertiary/aromatic N) is 3. The van der Waals surface area contributed by atoms with Crippen molar-refractivity contribution >= 4 is 23.0 Å². The lowest BCUT2D eigenvalue weighted by atomic mass is 10.2. The molecule has 27 heavy (non-hydrogen) atoms. The maximum absolute atomic E-state index is 10.5. The van der Waals surface area contributed by atoms with Crippen LogP contribution in [-0.2, 0) is 6.54 Å². The topological polar surface area (TPSA) is 51.2 Å². The second-order valence-electron chi connectivity index (χ2n) is 6.21. The van der Waals surface area contributed by atoms with Gasteiger partial charge in [-0.2, -0.15) is 0 Å². The Morgan fingerprint density at radius 3 is 2.44 bits per heavy atom. The van der Waals surface area contributed by atoms with Gasteiger partial charge in [-0.3, -0.25) is 0 Å². The number of hydrogen-bond acceptors (Lipinski definition) is 3. The fourth-order valence-corrected chi connectivity index (χ4v) is 3.01. The zero-order valence-electron chi connectivity index (χ0n) is 15.0. The summed E-state index contributed by atoms with van der Waals surface area (Å²) >= 11 is 0. The average molecular weight is 358 g/mol. The molecular formula is C22H20N3O2+. The van der Waals surface area contributed by atoms with Crippen molar-refractivity contribution in [2.45, 2.75) is 6.54 Å². The molecule has 0 saturated carbocycles. The van der Waals surface area contributed by atoms with E-state index in [1.54, 1.807) is 18.0 Å². The van der Waals surface area contributed by atoms with E-state index in [0.717, 1.165) is 16.8 Å². The van der Waals surface area contributed by atoms with E-state index >= 15 is 0 Å². The molecular weight excluding hydrogens is 338 g/mol. The smallest absolute Gasteiger partial charge is 0.204 e. The Hall–Kier alpha value is -3.60. The minimum atomic E-state index is 0.137. The standard InChI is InChI=1S/C22H19N3O2/c1-27-19-13-11-18(12-14-19)22(26)16-25-21-10-6-5-9-20(21)24(23-25)15-17-7-3-2-4-8-17/h2-14,16H,15H2,1H3/p+1. The first-order chi connectivity index (χ1) is 13.2. The molecule has 3 aromatic carbocycles. The van der Waals surface area contributed by atoms with E-state index in [1.807, 2.05) is 71.4 Å². The number of hydrogen-bond donors (Lipinski definition) is 1. The van der Waals surface area contributed by atoms with Crippen molar-refractivity contribution in [3.05, 3.63) is 90.0 Å². The van der Waals surface area contributed by atoms with E-state index in [2.05, 4.69) is 17.3 Å². The molecule has 0 atom stereocenters. The Morgan fingerprint density at radius 1 is 1.00 bits per heavy atom. The fourth-order valence-electron chi connectivity index (χ4n) is 3.01. The number of aliphatic hydroxyl groups excluding tert-OH is 1. The van der Waals surface area contributed by atoms with Gasteiger partial charge in [0.15, 0.2) is 17.5 Å². The van der Waals surface area contributed by atoms with Crippen LogP contribution in [0.15, 0.2) is 78.9 Å². The number of rotatable bonds is 5. The van der Waals surface area contributed by atoms with Crippen molar-refractivity contribution in [1.29, 1.82) is 0 Å². The maximum atomic E-state index is 10.5. The van der Waals surface area contributed by atoms with Gasteiger partial charge < -0.3 is 9.84 Å². The van der Waals surface area contributed by atoms with E-state index in [9.17, 15) is 5.11 Å². The first-order valence-corrected chi connectivity index (χ1v) is 8.71. The Kier molecular flexibility index (Phi) is 4.58. The molecule has 0 aliphatic rings. The third kappa shape index (κ3) is 3.53. The minimum Gasteiger partial charge on any atom is -0.504 e. The van der Waals surface area contributed by atoms with Crippen LogP contribution >= 0.6 is 0 Å². The summed E-state index contributed by atoms with van der Waals surface area (Å²) < 4.78 is 8.80. The molecule has 1 N–H and O–H groups in total. The molecule has 1 heterocycles. The Bertz CT molecular complexity index is 1080. The van der Waals surface area contributed by atoms with Crippen LogP contribution in [0.2, 0.25) is 0 Å². The largest absolute Gasteiger partial charge is 0.504 e. The zero-order chi connectivity index (χ0) is 18.6. The lowest BCUT2D eigenvalue weighted by molar-refractivity contribution is -0.723. The maximum Gasteiger partial charge on any atom is 0.204 e. The normalized spacial score (nSPS) is 11.7. The Labute approximate surface area is 157 Å². The molecule has 0 fully saturated rings. The lowest BCUT2D eigenvalue weighted by Crippen LogP contribution is -2.37. The summed E-state index contributed by atoms with van der Waals surface area (Å²) in [5.74, 6) is 0.884. The van der Waals surface area contributed by atoms with Crippen LogP contribution in [0, 0.1) is 0 Å². The van der Waals surface area contributed by atoms with Gasteiger partial charge >= 0.3 is 0 Å². The first kappa shape index (κ1) is 16.8. The molecule has 0 saturated heterocycles. The second kappa shape index (κ2) is 7.33. The summed E-state index contributed by atoms with van der Waals surface area (Å²) in [6.07, 6.45) is 1.63. The molecule has 4 aromatic rings. The van der Waals surface area contributed by atoms with E-state index < -0.39 is 0 Å². The molecule has 0 spiro atoms. The molecule has 0 aliphatic carbocycles. The van der Waals surface area contributed by atoms with Crippen LogP contribution < -0.4 is 9.42 Å². The molecule has 1 aromatic heterocycles. The number of fused-ring (bicyclic) bond motifs is 1. The summed E-state index contributed by atoms with van der Waals surface area (Å²) in [6, 6.07) is 25.4. The number of para-hydroxylation sites is 2. The van der Waals surface area contributed by atoms with Crippen molar-refractivity contribution in [1.82, 2.24) is 9.90 Å². The molecule has 134 valence electrons. The summed E-state index contributed by atoms with van der Waals surface area (Å²) in [5.41, 5.74) is 3.79. The van der Waals surface area contributed by atoms with Crippen LogP contribution in [0.1, 0.15) is 11.1 Å². The predicted octanol–water partition coefficient (Wildman–Crippen LogP) is 3.89. The fraction of sp³-hybridized carbons (Fsp3) is 0.0909. The van der Waals surface area contributed by atoms with Gasteiger partial charge in [-0.25, -0.2) is 0 Å². The van der Waals surface area contributed by atoms with E-state index in [-0.39, 0.29) is 5.76 Å². The Balaban J connectivity index is 1.73. The summed E-state index contributed by atoms with van der Waals surface area (Å²) in [5, 5.41) is 15.2. The van der Waals surface area contributed by atoms with Gasteiger partial charge in [0.2, 0.25) is 5.52 Å². The molecule has 0 bridgehead atoms. The van der Waals surface area contributed by atoms with Gasteiger partial charge in [-0.1, -0.05) is 47.1 Å². The highest BCUT2D eigenvalue weighted by molar-refractivity contribution is 5.77. The minimum absolute atomic E-state index is 0.137. The third-order valence-electron chi connectivity index (χ3n) is 4.42. The van der Waals surface area contributed by atoms with Gasteiger partial charge in [0.05, 0.1) is 12.3 Å². The zero-order valence-corrected chi connectivity index (χ0v) is 15.0. The highest BCUT2D eigenvalue weighted by atomic mass is 16.5. The van der Waals surface area contributed by atoms with Crippen molar-refractivity contribution in [2.24, 2.45) is 0 Å². The SMILES string of the molecule is COc1ccc(/C(O)=C/n2n[n+](Cc3ccccc3)c3ccccc32)cc1. The Morgan fingerprint density at radius 2 is 1.70 bits per heavy atom.